The van der Waals surface area contributed by atoms with Gasteiger partial charge in [-0.2, -0.15) is 16.9 Å². The fourth-order valence-corrected chi connectivity index (χ4v) is 3.85. The van der Waals surface area contributed by atoms with Crippen LogP contribution in [0.3, 0.4) is 0 Å². The first-order valence-electron chi connectivity index (χ1n) is 8.19. The summed E-state index contributed by atoms with van der Waals surface area (Å²) in [5.41, 5.74) is 0.471. The second kappa shape index (κ2) is 8.96. The molecule has 1 fully saturated rings. The van der Waals surface area contributed by atoms with Crippen LogP contribution in [0.25, 0.3) is 0 Å². The highest BCUT2D eigenvalue weighted by molar-refractivity contribution is 7.99. The Balaban J connectivity index is 1.71. The average Bonchev–Trinajstić information content (AvgIpc) is 2.54. The number of nitrogens with zero attached hydrogens (tertiary/aromatic N) is 3. The van der Waals surface area contributed by atoms with Crippen LogP contribution >= 0.6 is 11.8 Å². The molecule has 0 aromatic carbocycles. The van der Waals surface area contributed by atoms with E-state index < -0.39 is 0 Å². The third-order valence-corrected chi connectivity index (χ3v) is 5.38. The van der Waals surface area contributed by atoms with Crippen LogP contribution < -0.4 is 15.8 Å². The maximum atomic E-state index is 11.9. The Morgan fingerprint density at radius 1 is 1.39 bits per heavy atom. The van der Waals surface area contributed by atoms with Gasteiger partial charge in [-0.05, 0) is 12.8 Å². The van der Waals surface area contributed by atoms with Crippen molar-refractivity contribution < 1.29 is 4.79 Å². The lowest BCUT2D eigenvalue weighted by Crippen LogP contribution is -2.35. The summed E-state index contributed by atoms with van der Waals surface area (Å²) in [4.78, 5) is 25.6. The molecule has 1 aliphatic rings. The van der Waals surface area contributed by atoms with Gasteiger partial charge in [0.15, 0.2) is 0 Å². The summed E-state index contributed by atoms with van der Waals surface area (Å²) in [5.74, 6) is 0.764. The lowest BCUT2D eigenvalue weighted by atomic mass is 10.0. The van der Waals surface area contributed by atoms with E-state index in [4.69, 9.17) is 0 Å². The van der Waals surface area contributed by atoms with E-state index in [9.17, 15) is 9.59 Å². The summed E-state index contributed by atoms with van der Waals surface area (Å²) < 4.78 is 1.19. The van der Waals surface area contributed by atoms with Crippen LogP contribution in [0.2, 0.25) is 0 Å². The van der Waals surface area contributed by atoms with Gasteiger partial charge in [-0.25, -0.2) is 4.68 Å². The number of amides is 1. The molecule has 2 rings (SSSR count). The lowest BCUT2D eigenvalue weighted by molar-refractivity contribution is -0.121. The molecule has 128 valence electrons. The Hall–Kier alpha value is -1.50. The van der Waals surface area contributed by atoms with Crippen LogP contribution in [0.15, 0.2) is 17.1 Å². The maximum Gasteiger partial charge on any atom is 0.269 e. The zero-order chi connectivity index (χ0) is 16.7. The van der Waals surface area contributed by atoms with Crippen LogP contribution in [0.4, 0.5) is 5.69 Å². The number of carbonyl (C=O) groups is 1. The molecule has 0 spiro atoms. The third-order valence-electron chi connectivity index (χ3n) is 3.99. The second-order valence-corrected chi connectivity index (χ2v) is 7.49. The van der Waals surface area contributed by atoms with Crippen molar-refractivity contribution >= 4 is 23.4 Å². The Bertz CT molecular complexity index is 567. The summed E-state index contributed by atoms with van der Waals surface area (Å²) in [7, 11) is 3.69. The molecule has 1 saturated carbocycles. The van der Waals surface area contributed by atoms with Crippen molar-refractivity contribution in [1.29, 1.82) is 0 Å². The van der Waals surface area contributed by atoms with Crippen molar-refractivity contribution in [1.82, 2.24) is 15.1 Å². The summed E-state index contributed by atoms with van der Waals surface area (Å²) in [6.07, 6.45) is 8.23. The minimum atomic E-state index is -0.261. The van der Waals surface area contributed by atoms with Gasteiger partial charge in [0.2, 0.25) is 5.91 Å². The normalized spacial score (nSPS) is 15.4. The first-order chi connectivity index (χ1) is 11.1. The van der Waals surface area contributed by atoms with Crippen molar-refractivity contribution in [3.63, 3.8) is 0 Å². The molecule has 0 saturated heterocycles. The molecule has 0 bridgehead atoms. The number of hydrogen-bond donors (Lipinski definition) is 1. The Morgan fingerprint density at radius 2 is 2.13 bits per heavy atom. The molecule has 1 N–H and O–H groups in total. The molecule has 6 nitrogen and oxygen atoms in total. The van der Waals surface area contributed by atoms with E-state index in [0.29, 0.717) is 6.54 Å². The second-order valence-electron chi connectivity index (χ2n) is 6.08. The van der Waals surface area contributed by atoms with E-state index in [1.54, 1.807) is 11.1 Å². The van der Waals surface area contributed by atoms with Gasteiger partial charge in [0.05, 0.1) is 11.9 Å². The van der Waals surface area contributed by atoms with E-state index in [1.807, 2.05) is 25.9 Å². The minimum absolute atomic E-state index is 0.0271. The quantitative estimate of drug-likeness (QED) is 0.763. The number of rotatable bonds is 7. The van der Waals surface area contributed by atoms with Gasteiger partial charge in [-0.15, -0.1) is 0 Å². The van der Waals surface area contributed by atoms with Crippen molar-refractivity contribution in [2.45, 2.75) is 43.9 Å². The number of nitrogens with one attached hydrogen (secondary N) is 1. The number of carbonyl (C=O) groups excluding carboxylic acids is 1. The Morgan fingerprint density at radius 3 is 2.78 bits per heavy atom. The molecule has 1 aromatic heterocycles. The van der Waals surface area contributed by atoms with Gasteiger partial charge in [0.25, 0.3) is 5.56 Å². The van der Waals surface area contributed by atoms with E-state index in [2.05, 4.69) is 10.4 Å². The van der Waals surface area contributed by atoms with Gasteiger partial charge in [-0.1, -0.05) is 19.3 Å². The SMILES string of the molecule is CN(C)c1cnn(CC(=O)NCCSC2CCCCC2)c(=O)c1. The fraction of sp³-hybridized carbons (Fsp3) is 0.688. The number of thioether (sulfide) groups is 1. The van der Waals surface area contributed by atoms with Crippen LogP contribution in [0, 0.1) is 0 Å². The molecule has 0 radical (unpaired) electrons. The van der Waals surface area contributed by atoms with Crippen LogP contribution in [-0.4, -0.2) is 47.3 Å². The van der Waals surface area contributed by atoms with E-state index >= 15 is 0 Å². The molecule has 0 atom stereocenters. The third kappa shape index (κ3) is 5.89. The lowest BCUT2D eigenvalue weighted by Gasteiger charge is -2.20. The smallest absolute Gasteiger partial charge is 0.269 e. The topological polar surface area (TPSA) is 67.2 Å². The Kier molecular flexibility index (Phi) is 6.95. The van der Waals surface area contributed by atoms with Gasteiger partial charge in [0.1, 0.15) is 6.54 Å². The first kappa shape index (κ1) is 17.8. The van der Waals surface area contributed by atoms with E-state index in [1.165, 1.54) is 42.9 Å². The van der Waals surface area contributed by atoms with Crippen molar-refractivity contribution in [2.24, 2.45) is 0 Å². The summed E-state index contributed by atoms with van der Waals surface area (Å²) >= 11 is 1.95. The predicted octanol–water partition coefficient (Wildman–Crippen LogP) is 1.49. The zero-order valence-corrected chi connectivity index (χ0v) is 14.8. The van der Waals surface area contributed by atoms with Gasteiger partial charge in [-0.3, -0.25) is 9.59 Å². The fourth-order valence-electron chi connectivity index (χ4n) is 2.63. The van der Waals surface area contributed by atoms with Crippen LogP contribution in [0.5, 0.6) is 0 Å². The van der Waals surface area contributed by atoms with Crippen molar-refractivity contribution in [3.8, 4) is 0 Å². The molecule has 1 heterocycles. The van der Waals surface area contributed by atoms with Gasteiger partial charge in [0, 0.05) is 37.7 Å². The molecule has 1 aromatic rings. The van der Waals surface area contributed by atoms with Crippen LogP contribution in [0.1, 0.15) is 32.1 Å². The minimum Gasteiger partial charge on any atom is -0.376 e. The standard InChI is InChI=1S/C16H26N4O2S/c1-19(2)13-10-16(22)20(18-11-13)12-15(21)17-8-9-23-14-6-4-3-5-7-14/h10-11,14H,3-9,12H2,1-2H3,(H,17,21). The van der Waals surface area contributed by atoms with Crippen LogP contribution in [-0.2, 0) is 11.3 Å². The maximum absolute atomic E-state index is 11.9. The highest BCUT2D eigenvalue weighted by Crippen LogP contribution is 2.27. The van der Waals surface area contributed by atoms with Gasteiger partial charge < -0.3 is 10.2 Å². The molecule has 7 heteroatoms. The highest BCUT2D eigenvalue weighted by atomic mass is 32.2. The monoisotopic (exact) mass is 338 g/mol. The van der Waals surface area contributed by atoms with E-state index in [0.717, 1.165) is 16.7 Å². The number of anilines is 1. The predicted molar refractivity (Wildman–Crippen MR) is 95.2 cm³/mol. The number of aromatic nitrogens is 2. The molecule has 23 heavy (non-hydrogen) atoms. The average molecular weight is 338 g/mol. The van der Waals surface area contributed by atoms with Crippen molar-refractivity contribution in [3.05, 3.63) is 22.6 Å². The van der Waals surface area contributed by atoms with E-state index in [-0.39, 0.29) is 18.0 Å². The number of hydrogen-bond acceptors (Lipinski definition) is 5. The molecular weight excluding hydrogens is 312 g/mol. The molecular formula is C16H26N4O2S. The molecule has 0 aliphatic heterocycles. The zero-order valence-electron chi connectivity index (χ0n) is 14.0. The molecule has 1 amide bonds. The summed E-state index contributed by atoms with van der Waals surface area (Å²) in [6.45, 7) is 0.616. The Labute approximate surface area is 141 Å². The van der Waals surface area contributed by atoms with Gasteiger partial charge >= 0.3 is 0 Å². The summed E-state index contributed by atoms with van der Waals surface area (Å²) in [6, 6.07) is 1.49. The molecule has 0 unspecified atom stereocenters. The largest absolute Gasteiger partial charge is 0.376 e. The molecule has 1 aliphatic carbocycles. The highest BCUT2D eigenvalue weighted by Gasteiger charge is 2.13. The van der Waals surface area contributed by atoms with Crippen molar-refractivity contribution in [2.75, 3.05) is 31.3 Å². The summed E-state index contributed by atoms with van der Waals surface area (Å²) in [5, 5.41) is 7.66. The first-order valence-corrected chi connectivity index (χ1v) is 9.24.